The molecule has 1 unspecified atom stereocenters. The van der Waals surface area contributed by atoms with Crippen LogP contribution in [0, 0.1) is 0 Å². The van der Waals surface area contributed by atoms with Crippen molar-refractivity contribution in [2.24, 2.45) is 0 Å². The fourth-order valence-electron chi connectivity index (χ4n) is 6.06. The van der Waals surface area contributed by atoms with Crippen molar-refractivity contribution in [1.29, 1.82) is 0 Å². The average Bonchev–Trinajstić information content (AvgIpc) is 3.60. The minimum absolute atomic E-state index is 0.0876. The van der Waals surface area contributed by atoms with Gasteiger partial charge in [-0.1, -0.05) is 24.3 Å². The third-order valence-electron chi connectivity index (χ3n) is 8.67. The van der Waals surface area contributed by atoms with E-state index in [2.05, 4.69) is 37.4 Å². The van der Waals surface area contributed by atoms with Crippen LogP contribution in [-0.2, 0) is 24.3 Å². The highest BCUT2D eigenvalue weighted by Crippen LogP contribution is 2.34. The van der Waals surface area contributed by atoms with E-state index in [0.29, 0.717) is 35.1 Å². The summed E-state index contributed by atoms with van der Waals surface area (Å²) in [5, 5.41) is 16.6. The number of hydrogen-bond donors (Lipinski definition) is 3. The Hall–Kier alpha value is -4.83. The summed E-state index contributed by atoms with van der Waals surface area (Å²) in [4.78, 5) is 37.1. The van der Waals surface area contributed by atoms with Gasteiger partial charge < -0.3 is 25.8 Å². The second-order valence-electron chi connectivity index (χ2n) is 11.8. The summed E-state index contributed by atoms with van der Waals surface area (Å²) in [5.74, 6) is -2.37. The van der Waals surface area contributed by atoms with Crippen LogP contribution in [0.1, 0.15) is 34.0 Å². The number of carbonyl (C=O) groups is 2. The van der Waals surface area contributed by atoms with Crippen LogP contribution in [0.2, 0.25) is 0 Å². The van der Waals surface area contributed by atoms with Crippen LogP contribution in [0.25, 0.3) is 16.8 Å². The molecule has 12 nitrogen and oxygen atoms in total. The van der Waals surface area contributed by atoms with Gasteiger partial charge >= 0.3 is 6.18 Å². The van der Waals surface area contributed by atoms with Gasteiger partial charge in [-0.2, -0.15) is 18.3 Å². The first-order valence-corrected chi connectivity index (χ1v) is 14.8. The molecular weight excluding hydrogens is 624 g/mol. The van der Waals surface area contributed by atoms with E-state index in [1.165, 1.54) is 36.8 Å². The summed E-state index contributed by atoms with van der Waals surface area (Å²) in [7, 11) is 1.29. The minimum Gasteiger partial charge on any atom is -0.480 e. The zero-order valence-electron chi connectivity index (χ0n) is 25.5. The molecule has 16 heteroatoms. The quantitative estimate of drug-likeness (QED) is 0.255. The smallest absolute Gasteiger partial charge is 0.426 e. The minimum atomic E-state index is -5.27. The third kappa shape index (κ3) is 5.93. The SMILES string of the molecule is COc1ncc(-c2cc(CN3CCc4ccccc4C3)c3c(N)ncnn23)cc1C(=O)N[C@@H]1CN(C(=O)C(C)(O)C(F)(F)F)C[C@@H]1F. The van der Waals surface area contributed by atoms with Gasteiger partial charge in [-0.3, -0.25) is 14.5 Å². The van der Waals surface area contributed by atoms with Crippen LogP contribution in [-0.4, -0.2) is 97.0 Å². The van der Waals surface area contributed by atoms with Crippen molar-refractivity contribution in [2.45, 2.75) is 50.4 Å². The molecule has 5 heterocycles. The molecule has 0 bridgehead atoms. The number of anilines is 1. The van der Waals surface area contributed by atoms with Gasteiger partial charge in [0.25, 0.3) is 11.8 Å². The lowest BCUT2D eigenvalue weighted by molar-refractivity contribution is -0.249. The summed E-state index contributed by atoms with van der Waals surface area (Å²) < 4.78 is 61.5. The molecule has 1 saturated heterocycles. The first kappa shape index (κ1) is 32.1. The molecule has 2 amide bonds. The molecule has 6 rings (SSSR count). The van der Waals surface area contributed by atoms with E-state index in [9.17, 15) is 32.3 Å². The molecule has 1 aromatic carbocycles. The molecule has 0 spiro atoms. The normalized spacial score (nSPS) is 19.8. The highest BCUT2D eigenvalue weighted by atomic mass is 19.4. The molecule has 3 atom stereocenters. The summed E-state index contributed by atoms with van der Waals surface area (Å²) in [5.41, 5.74) is 7.50. The van der Waals surface area contributed by atoms with Crippen molar-refractivity contribution in [2.75, 3.05) is 32.5 Å². The Morgan fingerprint density at radius 3 is 2.62 bits per heavy atom. The predicted molar refractivity (Wildman–Crippen MR) is 161 cm³/mol. The summed E-state index contributed by atoms with van der Waals surface area (Å²) in [6.45, 7) is 1.10. The molecule has 1 fully saturated rings. The number of aromatic nitrogens is 4. The standard InChI is InChI=1S/C31H32F4N8O4/c1-30(46,31(33,34)35)29(45)42-14-22(32)23(15-42)40-27(44)21-9-19(11-37-28(21)47-2)24-10-20(25-26(36)38-16-39-43(24)25)13-41-8-7-17-5-3-4-6-18(17)12-41/h3-6,9-11,16,22-23,46H,7-8,12-15H2,1-2H3,(H,40,44)(H2,36,38,39)/t22-,23+,30?/m0/s1. The number of methoxy groups -OCH3 is 1. The van der Waals surface area contributed by atoms with Crippen LogP contribution in [0.5, 0.6) is 5.88 Å². The number of aliphatic hydroxyl groups is 1. The number of amides is 2. The summed E-state index contributed by atoms with van der Waals surface area (Å²) in [6.07, 6.45) is -3.48. The number of likely N-dealkylation sites (tertiary alicyclic amines) is 1. The topological polar surface area (TPSA) is 151 Å². The van der Waals surface area contributed by atoms with Gasteiger partial charge in [0.05, 0.1) is 25.4 Å². The molecule has 2 aliphatic heterocycles. The van der Waals surface area contributed by atoms with E-state index in [1.54, 1.807) is 4.52 Å². The van der Waals surface area contributed by atoms with Crippen LogP contribution in [0.4, 0.5) is 23.4 Å². The first-order chi connectivity index (χ1) is 22.3. The Morgan fingerprint density at radius 2 is 1.89 bits per heavy atom. The van der Waals surface area contributed by atoms with Crippen molar-refractivity contribution >= 4 is 23.1 Å². The molecule has 2 aliphatic rings. The first-order valence-electron chi connectivity index (χ1n) is 14.8. The fraction of sp³-hybridized carbons (Fsp3) is 0.387. The number of ether oxygens (including phenoxy) is 1. The maximum atomic E-state index is 14.9. The van der Waals surface area contributed by atoms with Gasteiger partial charge in [-0.15, -0.1) is 0 Å². The maximum absolute atomic E-state index is 14.9. The van der Waals surface area contributed by atoms with E-state index < -0.39 is 48.9 Å². The molecular formula is C31H32F4N8O4. The number of benzene rings is 1. The highest BCUT2D eigenvalue weighted by Gasteiger charge is 2.58. The van der Waals surface area contributed by atoms with E-state index >= 15 is 0 Å². The number of nitrogen functional groups attached to an aromatic ring is 1. The van der Waals surface area contributed by atoms with Gasteiger partial charge in [-0.05, 0) is 42.2 Å². The molecule has 0 radical (unpaired) electrons. The van der Waals surface area contributed by atoms with E-state index in [4.69, 9.17) is 10.5 Å². The van der Waals surface area contributed by atoms with Crippen LogP contribution in [0.15, 0.2) is 48.9 Å². The Labute approximate surface area is 266 Å². The van der Waals surface area contributed by atoms with E-state index in [-0.39, 0.29) is 17.3 Å². The van der Waals surface area contributed by atoms with Crippen molar-refractivity contribution in [3.05, 3.63) is 71.2 Å². The monoisotopic (exact) mass is 656 g/mol. The van der Waals surface area contributed by atoms with Crippen molar-refractivity contribution in [3.8, 4) is 17.1 Å². The zero-order valence-corrected chi connectivity index (χ0v) is 25.5. The molecule has 248 valence electrons. The predicted octanol–water partition coefficient (Wildman–Crippen LogP) is 2.53. The molecule has 47 heavy (non-hydrogen) atoms. The molecule has 0 aliphatic carbocycles. The highest BCUT2D eigenvalue weighted by molar-refractivity contribution is 5.98. The van der Waals surface area contributed by atoms with Gasteiger partial charge in [0, 0.05) is 37.9 Å². The number of halogens is 4. The Kier molecular flexibility index (Phi) is 8.25. The number of nitrogens with one attached hydrogen (secondary N) is 1. The van der Waals surface area contributed by atoms with Gasteiger partial charge in [0.1, 0.15) is 23.6 Å². The lowest BCUT2D eigenvalue weighted by Gasteiger charge is -2.29. The summed E-state index contributed by atoms with van der Waals surface area (Å²) >= 11 is 0. The van der Waals surface area contributed by atoms with Gasteiger partial charge in [0.15, 0.2) is 5.82 Å². The number of nitrogens with zero attached hydrogens (tertiary/aromatic N) is 6. The van der Waals surface area contributed by atoms with Gasteiger partial charge in [-0.25, -0.2) is 18.9 Å². The number of pyridine rings is 1. The number of carbonyl (C=O) groups excluding carboxylic acids is 2. The van der Waals surface area contributed by atoms with E-state index in [0.717, 1.165) is 25.1 Å². The van der Waals surface area contributed by atoms with Crippen LogP contribution in [0.3, 0.4) is 0 Å². The van der Waals surface area contributed by atoms with Crippen LogP contribution >= 0.6 is 0 Å². The lowest BCUT2D eigenvalue weighted by atomic mass is 9.99. The number of fused-ring (bicyclic) bond motifs is 2. The number of alkyl halides is 4. The lowest BCUT2D eigenvalue weighted by Crippen LogP contribution is -2.56. The zero-order chi connectivity index (χ0) is 33.7. The van der Waals surface area contributed by atoms with E-state index in [1.807, 2.05) is 18.2 Å². The van der Waals surface area contributed by atoms with Crippen molar-refractivity contribution < 1.29 is 37.0 Å². The Bertz CT molecular complexity index is 1850. The largest absolute Gasteiger partial charge is 0.480 e. The maximum Gasteiger partial charge on any atom is 0.426 e. The molecule has 4 N–H and O–H groups in total. The number of hydrogen-bond acceptors (Lipinski definition) is 9. The Balaban J connectivity index is 1.26. The van der Waals surface area contributed by atoms with Crippen LogP contribution < -0.4 is 15.8 Å². The van der Waals surface area contributed by atoms with Gasteiger partial charge in [0.2, 0.25) is 11.5 Å². The second kappa shape index (κ2) is 12.1. The molecule has 4 aromatic rings. The second-order valence-corrected chi connectivity index (χ2v) is 11.8. The molecule has 3 aromatic heterocycles. The molecule has 0 saturated carbocycles. The van der Waals surface area contributed by atoms with Crippen molar-refractivity contribution in [3.63, 3.8) is 0 Å². The summed E-state index contributed by atoms with van der Waals surface area (Å²) in [6, 6.07) is 10.3. The number of rotatable bonds is 7. The van der Waals surface area contributed by atoms with Crippen molar-refractivity contribution in [1.82, 2.24) is 34.7 Å². The fourth-order valence-corrected chi connectivity index (χ4v) is 6.06. The number of nitrogens with two attached hydrogens (primary N) is 1. The Morgan fingerprint density at radius 1 is 1.15 bits per heavy atom. The average molecular weight is 657 g/mol. The third-order valence-corrected chi connectivity index (χ3v) is 8.67.